The number of rotatable bonds is 6. The predicted molar refractivity (Wildman–Crippen MR) is 85.8 cm³/mol. The lowest BCUT2D eigenvalue weighted by atomic mass is 10.2. The van der Waals surface area contributed by atoms with Crippen molar-refractivity contribution in [3.05, 3.63) is 29.8 Å². The quantitative estimate of drug-likeness (QED) is 0.681. The Hall–Kier alpha value is -1.55. The third-order valence-electron chi connectivity index (χ3n) is 3.37. The summed E-state index contributed by atoms with van der Waals surface area (Å²) in [6.07, 6.45) is -5.39. The molecule has 6 nitrogen and oxygen atoms in total. The first-order valence-corrected chi connectivity index (χ1v) is 7.43. The van der Waals surface area contributed by atoms with Crippen LogP contribution >= 0.6 is 12.4 Å². The number of ether oxygens (including phenoxy) is 2. The van der Waals surface area contributed by atoms with Gasteiger partial charge < -0.3 is 25.2 Å². The molecule has 25 heavy (non-hydrogen) atoms. The minimum absolute atomic E-state index is 0. The summed E-state index contributed by atoms with van der Waals surface area (Å²) >= 11 is 0. The molecule has 0 radical (unpaired) electrons. The molecule has 1 amide bonds. The standard InChI is InChI=1S/C15H19F3N2O4.ClH/c16-15(17,18)10-1-3-12(4-2-10)24-8-11(21)7-20-14(22)13-9-23-6-5-19-13;/h1-4,11,13,19,21H,5-9H2,(H,20,22);1H. The number of halogens is 4. The minimum Gasteiger partial charge on any atom is -0.491 e. The van der Waals surface area contributed by atoms with Gasteiger partial charge in [-0.15, -0.1) is 12.4 Å². The van der Waals surface area contributed by atoms with Crippen molar-refractivity contribution < 1.29 is 32.5 Å². The zero-order valence-corrected chi connectivity index (χ0v) is 14.0. The Morgan fingerprint density at radius 1 is 1.40 bits per heavy atom. The number of benzene rings is 1. The zero-order valence-electron chi connectivity index (χ0n) is 13.2. The summed E-state index contributed by atoms with van der Waals surface area (Å²) in [5, 5.41) is 15.3. The third kappa shape index (κ3) is 7.07. The fraction of sp³-hybridized carbons (Fsp3) is 0.533. The molecular weight excluding hydrogens is 365 g/mol. The number of carbonyl (C=O) groups excluding carboxylic acids is 1. The number of aliphatic hydroxyl groups is 1. The van der Waals surface area contributed by atoms with Gasteiger partial charge in [0.2, 0.25) is 5.91 Å². The van der Waals surface area contributed by atoms with Crippen molar-refractivity contribution in [1.82, 2.24) is 10.6 Å². The van der Waals surface area contributed by atoms with Crippen molar-refractivity contribution in [2.75, 3.05) is 32.9 Å². The molecule has 1 fully saturated rings. The Kier molecular flexibility index (Phi) is 8.43. The summed E-state index contributed by atoms with van der Waals surface area (Å²) in [6.45, 7) is 1.22. The van der Waals surface area contributed by atoms with Gasteiger partial charge in [0.25, 0.3) is 0 Å². The van der Waals surface area contributed by atoms with Crippen molar-refractivity contribution >= 4 is 18.3 Å². The molecule has 1 heterocycles. The van der Waals surface area contributed by atoms with E-state index in [0.717, 1.165) is 12.1 Å². The average Bonchev–Trinajstić information content (AvgIpc) is 2.58. The van der Waals surface area contributed by atoms with Crippen molar-refractivity contribution in [3.63, 3.8) is 0 Å². The monoisotopic (exact) mass is 384 g/mol. The SMILES string of the molecule is Cl.O=C(NCC(O)COc1ccc(C(F)(F)F)cc1)C1COCCN1. The molecule has 0 saturated carbocycles. The predicted octanol–water partition coefficient (Wildman–Crippen LogP) is 0.971. The molecule has 142 valence electrons. The van der Waals surface area contributed by atoms with Crippen LogP contribution < -0.4 is 15.4 Å². The van der Waals surface area contributed by atoms with Crippen LogP contribution in [0, 0.1) is 0 Å². The van der Waals surface area contributed by atoms with E-state index in [-0.39, 0.29) is 43.8 Å². The molecule has 3 N–H and O–H groups in total. The Morgan fingerprint density at radius 2 is 2.08 bits per heavy atom. The second kappa shape index (κ2) is 9.81. The van der Waals surface area contributed by atoms with Crippen molar-refractivity contribution in [2.45, 2.75) is 18.3 Å². The van der Waals surface area contributed by atoms with Gasteiger partial charge in [0, 0.05) is 13.1 Å². The number of nitrogens with one attached hydrogen (secondary N) is 2. The van der Waals surface area contributed by atoms with Crippen LogP contribution in [0.5, 0.6) is 5.75 Å². The Morgan fingerprint density at radius 3 is 2.64 bits per heavy atom. The van der Waals surface area contributed by atoms with E-state index in [9.17, 15) is 23.1 Å². The normalized spacial score (nSPS) is 18.8. The number of alkyl halides is 3. The lowest BCUT2D eigenvalue weighted by Crippen LogP contribution is -2.52. The highest BCUT2D eigenvalue weighted by Gasteiger charge is 2.30. The first kappa shape index (κ1) is 21.5. The molecule has 10 heteroatoms. The lowest BCUT2D eigenvalue weighted by molar-refractivity contribution is -0.137. The number of morpholine rings is 1. The first-order valence-electron chi connectivity index (χ1n) is 7.43. The fourth-order valence-corrected chi connectivity index (χ4v) is 2.07. The van der Waals surface area contributed by atoms with Gasteiger partial charge in [-0.1, -0.05) is 0 Å². The number of hydrogen-bond donors (Lipinski definition) is 3. The molecule has 1 aliphatic heterocycles. The topological polar surface area (TPSA) is 79.8 Å². The molecule has 2 rings (SSSR count). The highest BCUT2D eigenvalue weighted by molar-refractivity contribution is 5.85. The molecule has 1 saturated heterocycles. The van der Waals surface area contributed by atoms with E-state index in [0.29, 0.717) is 13.2 Å². The van der Waals surface area contributed by atoms with Gasteiger partial charge >= 0.3 is 6.18 Å². The summed E-state index contributed by atoms with van der Waals surface area (Å²) in [5.41, 5.74) is -0.773. The molecule has 2 atom stereocenters. The van der Waals surface area contributed by atoms with E-state index in [4.69, 9.17) is 9.47 Å². The van der Waals surface area contributed by atoms with Crippen molar-refractivity contribution in [2.24, 2.45) is 0 Å². The molecule has 0 bridgehead atoms. The maximum absolute atomic E-state index is 12.4. The highest BCUT2D eigenvalue weighted by atomic mass is 35.5. The van der Waals surface area contributed by atoms with E-state index in [2.05, 4.69) is 10.6 Å². The minimum atomic E-state index is -4.40. The van der Waals surface area contributed by atoms with Gasteiger partial charge in [0.05, 0.1) is 18.8 Å². The molecule has 1 aromatic rings. The van der Waals surface area contributed by atoms with E-state index in [1.165, 1.54) is 12.1 Å². The molecule has 0 aromatic heterocycles. The second-order valence-electron chi connectivity index (χ2n) is 5.31. The van der Waals surface area contributed by atoms with Gasteiger partial charge in [-0.3, -0.25) is 4.79 Å². The molecular formula is C15H20ClF3N2O4. The fourth-order valence-electron chi connectivity index (χ4n) is 2.07. The second-order valence-corrected chi connectivity index (χ2v) is 5.31. The first-order chi connectivity index (χ1) is 11.4. The maximum atomic E-state index is 12.4. The maximum Gasteiger partial charge on any atom is 0.416 e. The molecule has 1 aliphatic rings. The summed E-state index contributed by atoms with van der Waals surface area (Å²) in [6, 6.07) is 3.70. The Bertz CT molecular complexity index is 537. The van der Waals surface area contributed by atoms with E-state index in [1.807, 2.05) is 0 Å². The van der Waals surface area contributed by atoms with E-state index in [1.54, 1.807) is 0 Å². The van der Waals surface area contributed by atoms with E-state index < -0.39 is 23.9 Å². The average molecular weight is 385 g/mol. The van der Waals surface area contributed by atoms with Crippen LogP contribution in [-0.2, 0) is 15.7 Å². The third-order valence-corrected chi connectivity index (χ3v) is 3.37. The highest BCUT2D eigenvalue weighted by Crippen LogP contribution is 2.30. The van der Waals surface area contributed by atoms with Crippen LogP contribution in [0.15, 0.2) is 24.3 Å². The molecule has 0 aliphatic carbocycles. The Balaban J connectivity index is 0.00000312. The van der Waals surface area contributed by atoms with Crippen LogP contribution in [0.4, 0.5) is 13.2 Å². The smallest absolute Gasteiger partial charge is 0.416 e. The van der Waals surface area contributed by atoms with Gasteiger partial charge in [-0.2, -0.15) is 13.2 Å². The van der Waals surface area contributed by atoms with Crippen molar-refractivity contribution in [1.29, 1.82) is 0 Å². The zero-order chi connectivity index (χ0) is 17.6. The summed E-state index contributed by atoms with van der Waals surface area (Å²) in [5.74, 6) is -0.0843. The number of carbonyl (C=O) groups is 1. The van der Waals surface area contributed by atoms with E-state index >= 15 is 0 Å². The van der Waals surface area contributed by atoms with Gasteiger partial charge in [-0.25, -0.2) is 0 Å². The van der Waals surface area contributed by atoms with Crippen LogP contribution in [0.3, 0.4) is 0 Å². The number of amides is 1. The largest absolute Gasteiger partial charge is 0.491 e. The summed E-state index contributed by atoms with van der Waals surface area (Å²) < 4.78 is 47.6. The van der Waals surface area contributed by atoms with Crippen LogP contribution in [-0.4, -0.2) is 56.1 Å². The number of aliphatic hydroxyl groups excluding tert-OH is 1. The van der Waals surface area contributed by atoms with Crippen LogP contribution in [0.25, 0.3) is 0 Å². The number of hydrogen-bond acceptors (Lipinski definition) is 5. The Labute approximate surface area is 149 Å². The van der Waals surface area contributed by atoms with Gasteiger partial charge in [0.15, 0.2) is 0 Å². The summed E-state index contributed by atoms with van der Waals surface area (Å²) in [4.78, 5) is 11.8. The molecule has 1 aromatic carbocycles. The van der Waals surface area contributed by atoms with Gasteiger partial charge in [0.1, 0.15) is 24.5 Å². The van der Waals surface area contributed by atoms with Gasteiger partial charge in [-0.05, 0) is 24.3 Å². The van der Waals surface area contributed by atoms with Crippen molar-refractivity contribution in [3.8, 4) is 5.75 Å². The van der Waals surface area contributed by atoms with Crippen LogP contribution in [0.1, 0.15) is 5.56 Å². The molecule has 2 unspecified atom stereocenters. The lowest BCUT2D eigenvalue weighted by Gasteiger charge is -2.23. The van der Waals surface area contributed by atoms with Crippen LogP contribution in [0.2, 0.25) is 0 Å². The summed E-state index contributed by atoms with van der Waals surface area (Å²) in [7, 11) is 0. The molecule has 0 spiro atoms.